The Labute approximate surface area is 263 Å². The summed E-state index contributed by atoms with van der Waals surface area (Å²) in [6.45, 7) is 6.19. The van der Waals surface area contributed by atoms with Gasteiger partial charge in [-0.15, -0.1) is 0 Å². The van der Waals surface area contributed by atoms with Gasteiger partial charge in [-0.25, -0.2) is 0 Å². The van der Waals surface area contributed by atoms with E-state index in [-0.39, 0.29) is 17.0 Å². The Morgan fingerprint density at radius 1 is 0.956 bits per heavy atom. The molecule has 4 aromatic rings. The Hall–Kier alpha value is -5.02. The van der Waals surface area contributed by atoms with E-state index in [1.54, 1.807) is 24.3 Å². The molecule has 9 heteroatoms. The second-order valence-corrected chi connectivity index (χ2v) is 11.6. The van der Waals surface area contributed by atoms with E-state index in [0.717, 1.165) is 48.6 Å². The van der Waals surface area contributed by atoms with Crippen molar-refractivity contribution < 1.29 is 18.7 Å². The summed E-state index contributed by atoms with van der Waals surface area (Å²) >= 11 is 0. The topological polar surface area (TPSA) is 126 Å². The Morgan fingerprint density at radius 2 is 1.73 bits per heavy atom. The van der Waals surface area contributed by atoms with Crippen LogP contribution in [0.1, 0.15) is 50.9 Å². The number of furan rings is 1. The van der Waals surface area contributed by atoms with Crippen molar-refractivity contribution >= 4 is 40.4 Å². The Kier molecular flexibility index (Phi) is 9.89. The maximum Gasteiger partial charge on any atom is 0.280 e. The molecule has 1 amide bonds. The summed E-state index contributed by atoms with van der Waals surface area (Å²) in [5, 5.41) is 17.9. The van der Waals surface area contributed by atoms with Crippen LogP contribution in [0.5, 0.6) is 0 Å². The van der Waals surface area contributed by atoms with Gasteiger partial charge >= 0.3 is 0 Å². The number of para-hydroxylation sites is 2. The first-order chi connectivity index (χ1) is 21.8. The third kappa shape index (κ3) is 7.38. The van der Waals surface area contributed by atoms with E-state index in [1.165, 1.54) is 11.6 Å². The minimum atomic E-state index is -0.396. The molecule has 0 saturated heterocycles. The smallest absolute Gasteiger partial charge is 0.280 e. The molecule has 9 nitrogen and oxygen atoms in total. The van der Waals surface area contributed by atoms with Gasteiger partial charge in [0.05, 0.1) is 15.9 Å². The number of rotatable bonds is 14. The Bertz CT molecular complexity index is 1720. The van der Waals surface area contributed by atoms with Crippen molar-refractivity contribution in [3.63, 3.8) is 0 Å². The van der Waals surface area contributed by atoms with E-state index >= 15 is 0 Å². The molecule has 3 aromatic carbocycles. The van der Waals surface area contributed by atoms with Gasteiger partial charge in [-0.1, -0.05) is 30.3 Å². The van der Waals surface area contributed by atoms with Crippen LogP contribution in [0.3, 0.4) is 0 Å². The molecule has 1 aliphatic rings. The van der Waals surface area contributed by atoms with Gasteiger partial charge in [0.2, 0.25) is 11.6 Å². The summed E-state index contributed by atoms with van der Waals surface area (Å²) in [5.41, 5.74) is 11.2. The van der Waals surface area contributed by atoms with Gasteiger partial charge in [-0.3, -0.25) is 14.9 Å². The summed E-state index contributed by atoms with van der Waals surface area (Å²) in [7, 11) is 0. The Balaban J connectivity index is 1.40. The average Bonchev–Trinajstić information content (AvgIpc) is 3.59. The highest BCUT2D eigenvalue weighted by molar-refractivity contribution is 6.05. The molecule has 5 rings (SSSR count). The lowest BCUT2D eigenvalue weighted by molar-refractivity contribution is -0.438. The number of carbonyl (C=O) groups excluding carboxylic acids is 1. The van der Waals surface area contributed by atoms with E-state index in [2.05, 4.69) is 53.3 Å². The van der Waals surface area contributed by atoms with Crippen molar-refractivity contribution in [1.82, 2.24) is 5.32 Å². The summed E-state index contributed by atoms with van der Waals surface area (Å²) in [6.07, 6.45) is 7.17. The number of nitro groups is 1. The molecule has 0 saturated carbocycles. The predicted octanol–water partition coefficient (Wildman–Crippen LogP) is 7.32. The normalized spacial score (nSPS) is 13.7. The molecule has 4 N–H and O–H groups in total. The molecule has 1 aliphatic heterocycles. The number of carbonyl (C=O) groups is 1. The number of fused-ring (bicyclic) bond motifs is 1. The highest BCUT2D eigenvalue weighted by Crippen LogP contribution is 2.42. The van der Waals surface area contributed by atoms with E-state index in [1.807, 2.05) is 42.5 Å². The standard InChI is InChI=1S/C36H39N5O4/c1-36(2)30-25-27(39-26-11-5-3-6-12-26)16-19-32(30)40(24-10-4-7-15-35(42)38-23-22-37)34(36)21-18-28-17-20-33(45-28)29-13-8-9-14-31(29)41(43)44/h3,5-6,8-9,11-14,16-21,25,39H,4,7,10,15,22-24,37H2,1-2H3/p+1/b21-18+. The minimum Gasteiger partial charge on any atom is -0.456 e. The highest BCUT2D eigenvalue weighted by Gasteiger charge is 2.44. The number of hydrogen-bond donors (Lipinski definition) is 3. The summed E-state index contributed by atoms with van der Waals surface area (Å²) in [4.78, 5) is 23.2. The fourth-order valence-electron chi connectivity index (χ4n) is 5.80. The lowest BCUT2D eigenvalue weighted by Crippen LogP contribution is -2.28. The van der Waals surface area contributed by atoms with Crippen molar-refractivity contribution in [2.45, 2.75) is 44.9 Å². The van der Waals surface area contributed by atoms with Crippen molar-refractivity contribution in [3.8, 4) is 11.3 Å². The van der Waals surface area contributed by atoms with Gasteiger partial charge in [0.1, 0.15) is 18.1 Å². The number of nitrogens with two attached hydrogens (primary N) is 1. The molecule has 2 heterocycles. The van der Waals surface area contributed by atoms with Crippen molar-refractivity contribution in [2.75, 3.05) is 25.0 Å². The van der Waals surface area contributed by atoms with Gasteiger partial charge < -0.3 is 20.8 Å². The van der Waals surface area contributed by atoms with Gasteiger partial charge in [0.15, 0.2) is 5.71 Å². The summed E-state index contributed by atoms with van der Waals surface area (Å²) in [5.74, 6) is 1.10. The minimum absolute atomic E-state index is 0.00656. The van der Waals surface area contributed by atoms with Crippen LogP contribution in [0.15, 0.2) is 95.4 Å². The Morgan fingerprint density at radius 3 is 2.51 bits per heavy atom. The fourth-order valence-corrected chi connectivity index (χ4v) is 5.80. The number of anilines is 2. The number of unbranched alkanes of at least 4 members (excludes halogenated alkanes) is 2. The predicted molar refractivity (Wildman–Crippen MR) is 179 cm³/mol. The molecule has 1 aromatic heterocycles. The largest absolute Gasteiger partial charge is 0.456 e. The zero-order valence-corrected chi connectivity index (χ0v) is 25.8. The maximum atomic E-state index is 12.0. The van der Waals surface area contributed by atoms with Crippen LogP contribution in [0.2, 0.25) is 0 Å². The lowest BCUT2D eigenvalue weighted by Gasteiger charge is -2.16. The second kappa shape index (κ2) is 14.2. The molecular weight excluding hydrogens is 566 g/mol. The number of hydrogen-bond acceptors (Lipinski definition) is 6. The van der Waals surface area contributed by atoms with Crippen molar-refractivity contribution in [3.05, 3.63) is 112 Å². The van der Waals surface area contributed by atoms with E-state index in [9.17, 15) is 14.9 Å². The number of nitrogens with zero attached hydrogens (tertiary/aromatic N) is 2. The second-order valence-electron chi connectivity index (χ2n) is 11.6. The zero-order chi connectivity index (χ0) is 31.8. The van der Waals surface area contributed by atoms with Crippen LogP contribution in [0.25, 0.3) is 17.4 Å². The average molecular weight is 607 g/mol. The van der Waals surface area contributed by atoms with Gasteiger partial charge in [0, 0.05) is 61.1 Å². The number of nitro benzene ring substituents is 1. The molecule has 0 fully saturated rings. The molecule has 0 spiro atoms. The fraction of sp³-hybridized carbons (Fsp3) is 0.278. The van der Waals surface area contributed by atoms with Gasteiger partial charge in [-0.05, 0) is 75.2 Å². The number of nitrogens with one attached hydrogen (secondary N) is 2. The molecule has 0 unspecified atom stereocenters. The number of amides is 1. The van der Waals surface area contributed by atoms with Crippen molar-refractivity contribution in [2.24, 2.45) is 5.73 Å². The monoisotopic (exact) mass is 606 g/mol. The van der Waals surface area contributed by atoms with Crippen LogP contribution >= 0.6 is 0 Å². The van der Waals surface area contributed by atoms with Crippen LogP contribution < -0.4 is 16.4 Å². The number of allylic oxidation sites excluding steroid dienone is 1. The van der Waals surface area contributed by atoms with E-state index < -0.39 is 4.92 Å². The molecular formula is C36H40N5O4+. The molecule has 0 aliphatic carbocycles. The van der Waals surface area contributed by atoms with Crippen molar-refractivity contribution in [1.29, 1.82) is 0 Å². The molecule has 0 bridgehead atoms. The molecule has 45 heavy (non-hydrogen) atoms. The highest BCUT2D eigenvalue weighted by atomic mass is 16.6. The maximum absolute atomic E-state index is 12.0. The van der Waals surface area contributed by atoms with Crippen LogP contribution in [0, 0.1) is 10.1 Å². The SMILES string of the molecule is CC1(C)C(/C=C/c2ccc(-c3ccccc3[N+](=O)[O-])o2)=[N+](CCCCCC(=O)NCCN)c2ccc(Nc3ccccc3)cc21. The van der Waals surface area contributed by atoms with E-state index in [4.69, 9.17) is 10.2 Å². The van der Waals surface area contributed by atoms with Crippen LogP contribution in [0.4, 0.5) is 22.7 Å². The molecule has 0 radical (unpaired) electrons. The lowest BCUT2D eigenvalue weighted by atomic mass is 9.81. The van der Waals surface area contributed by atoms with Crippen LogP contribution in [-0.4, -0.2) is 40.8 Å². The third-order valence-corrected chi connectivity index (χ3v) is 8.10. The summed E-state index contributed by atoms with van der Waals surface area (Å²) in [6, 6.07) is 26.8. The zero-order valence-electron chi connectivity index (χ0n) is 25.8. The third-order valence-electron chi connectivity index (χ3n) is 8.10. The molecule has 232 valence electrons. The number of benzene rings is 3. The van der Waals surface area contributed by atoms with Gasteiger partial charge in [0.25, 0.3) is 5.69 Å². The quantitative estimate of drug-likeness (QED) is 0.0597. The summed E-state index contributed by atoms with van der Waals surface area (Å²) < 4.78 is 8.43. The first kappa shape index (κ1) is 31.4. The molecule has 0 atom stereocenters. The van der Waals surface area contributed by atoms with E-state index in [0.29, 0.717) is 36.6 Å². The van der Waals surface area contributed by atoms with Crippen LogP contribution in [-0.2, 0) is 10.2 Å². The van der Waals surface area contributed by atoms with Gasteiger partial charge in [-0.2, -0.15) is 4.58 Å². The first-order valence-corrected chi connectivity index (χ1v) is 15.4. The first-order valence-electron chi connectivity index (χ1n) is 15.4.